The normalized spacial score (nSPS) is 19.3. The number of benzene rings is 1. The van der Waals surface area contributed by atoms with E-state index in [4.69, 9.17) is 10.5 Å². The molecule has 1 saturated heterocycles. The van der Waals surface area contributed by atoms with Crippen LogP contribution in [0.15, 0.2) is 42.6 Å². The zero-order chi connectivity index (χ0) is 20.4. The number of aromatic nitrogens is 2. The first-order valence-electron chi connectivity index (χ1n) is 9.67. The molecule has 5 rings (SSSR count). The van der Waals surface area contributed by atoms with E-state index in [1.807, 2.05) is 0 Å². The summed E-state index contributed by atoms with van der Waals surface area (Å²) in [5.74, 6) is 1.18. The van der Waals surface area contributed by atoms with Gasteiger partial charge in [-0.25, -0.2) is 4.98 Å². The molecule has 29 heavy (non-hydrogen) atoms. The van der Waals surface area contributed by atoms with Gasteiger partial charge in [0.2, 0.25) is 0 Å². The number of H-pyrrole nitrogens is 1. The van der Waals surface area contributed by atoms with Crippen molar-refractivity contribution in [1.82, 2.24) is 14.9 Å². The molecular formula is C21H23F3N4O. The first kappa shape index (κ1) is 19.6. The molecule has 1 aromatic carbocycles. The van der Waals surface area contributed by atoms with Crippen LogP contribution in [-0.2, 0) is 12.6 Å². The molecule has 5 nitrogen and oxygen atoms in total. The van der Waals surface area contributed by atoms with E-state index in [1.54, 1.807) is 0 Å². The third kappa shape index (κ3) is 4.32. The Balaban J connectivity index is 0.000000142. The summed E-state index contributed by atoms with van der Waals surface area (Å²) in [6, 6.07) is 11.4. The van der Waals surface area contributed by atoms with Crippen molar-refractivity contribution in [3.63, 3.8) is 0 Å². The second-order valence-corrected chi connectivity index (χ2v) is 7.36. The van der Waals surface area contributed by atoms with Crippen LogP contribution in [-0.4, -0.2) is 40.6 Å². The van der Waals surface area contributed by atoms with Gasteiger partial charge in [0.1, 0.15) is 23.9 Å². The Kier molecular flexibility index (Phi) is 5.36. The lowest BCUT2D eigenvalue weighted by molar-refractivity contribution is -0.140. The molecule has 3 aromatic rings. The fraction of sp³-hybridized carbons (Fsp3) is 0.381. The van der Waals surface area contributed by atoms with Crippen molar-refractivity contribution < 1.29 is 17.9 Å². The van der Waals surface area contributed by atoms with Crippen LogP contribution in [0.1, 0.15) is 24.1 Å². The average Bonchev–Trinajstić information content (AvgIpc) is 3.38. The minimum atomic E-state index is -4.38. The van der Waals surface area contributed by atoms with Gasteiger partial charge in [0, 0.05) is 17.6 Å². The number of pyridine rings is 1. The summed E-state index contributed by atoms with van der Waals surface area (Å²) >= 11 is 0. The highest BCUT2D eigenvalue weighted by atomic mass is 19.4. The molecule has 0 aliphatic carbocycles. The Morgan fingerprint density at radius 2 is 1.90 bits per heavy atom. The van der Waals surface area contributed by atoms with Crippen molar-refractivity contribution in [3.05, 3.63) is 53.9 Å². The van der Waals surface area contributed by atoms with Gasteiger partial charge in [-0.1, -0.05) is 18.2 Å². The summed E-state index contributed by atoms with van der Waals surface area (Å²) in [4.78, 5) is 8.50. The van der Waals surface area contributed by atoms with Gasteiger partial charge in [0.15, 0.2) is 0 Å². The molecule has 8 heteroatoms. The number of para-hydroxylation sites is 1. The smallest absolute Gasteiger partial charge is 0.431 e. The standard InChI is InChI=1S/C13H17NO.C8H6F3N3/c1-2-6-13-11(5-1)9-12(10-15-13)14-7-3-4-8-14;9-8(10,11)6-3-4-5(14-6)1-2-13-7(4)12/h1-2,5-6,12H,3-4,7-10H2;1-3,14H,(H2,12,13). The molecule has 3 N–H and O–H groups in total. The Morgan fingerprint density at radius 1 is 1.14 bits per heavy atom. The summed E-state index contributed by atoms with van der Waals surface area (Å²) in [6.45, 7) is 3.39. The van der Waals surface area contributed by atoms with Crippen molar-refractivity contribution in [2.75, 3.05) is 25.4 Å². The lowest BCUT2D eigenvalue weighted by Crippen LogP contribution is -2.41. The van der Waals surface area contributed by atoms with E-state index in [1.165, 1.54) is 43.8 Å². The van der Waals surface area contributed by atoms with Crippen LogP contribution in [0, 0.1) is 0 Å². The molecule has 4 heterocycles. The van der Waals surface area contributed by atoms with Gasteiger partial charge in [-0.3, -0.25) is 4.90 Å². The number of aromatic amines is 1. The van der Waals surface area contributed by atoms with Gasteiger partial charge in [0.05, 0.1) is 5.52 Å². The van der Waals surface area contributed by atoms with E-state index >= 15 is 0 Å². The number of halogens is 3. The van der Waals surface area contributed by atoms with Gasteiger partial charge in [-0.05, 0) is 56.1 Å². The van der Waals surface area contributed by atoms with Crippen LogP contribution < -0.4 is 10.5 Å². The van der Waals surface area contributed by atoms with Crippen LogP contribution in [0.25, 0.3) is 10.9 Å². The number of nitrogens with one attached hydrogen (secondary N) is 1. The molecule has 2 aliphatic heterocycles. The van der Waals surface area contributed by atoms with E-state index in [0.717, 1.165) is 24.8 Å². The molecule has 0 spiro atoms. The fourth-order valence-electron chi connectivity index (χ4n) is 3.88. The number of alkyl halides is 3. The van der Waals surface area contributed by atoms with E-state index in [9.17, 15) is 13.2 Å². The van der Waals surface area contributed by atoms with Crippen LogP contribution in [0.3, 0.4) is 0 Å². The van der Waals surface area contributed by atoms with Crippen molar-refractivity contribution in [2.24, 2.45) is 0 Å². The molecule has 1 unspecified atom stereocenters. The fourth-order valence-corrected chi connectivity index (χ4v) is 3.88. The van der Waals surface area contributed by atoms with Crippen molar-refractivity contribution >= 4 is 16.7 Å². The number of ether oxygens (including phenoxy) is 1. The Labute approximate surface area is 166 Å². The Morgan fingerprint density at radius 3 is 2.62 bits per heavy atom. The van der Waals surface area contributed by atoms with Crippen molar-refractivity contribution in [3.8, 4) is 5.75 Å². The summed E-state index contributed by atoms with van der Waals surface area (Å²) < 4.78 is 42.6. The number of nitrogen functional groups attached to an aromatic ring is 1. The van der Waals surface area contributed by atoms with E-state index in [-0.39, 0.29) is 5.82 Å². The number of likely N-dealkylation sites (tertiary alicyclic amines) is 1. The van der Waals surface area contributed by atoms with Gasteiger partial charge in [-0.15, -0.1) is 0 Å². The number of rotatable bonds is 1. The maximum absolute atomic E-state index is 12.3. The predicted octanol–water partition coefficient (Wildman–Crippen LogP) is 4.25. The topological polar surface area (TPSA) is 67.2 Å². The monoisotopic (exact) mass is 404 g/mol. The Hall–Kier alpha value is -2.74. The number of hydrogen-bond donors (Lipinski definition) is 2. The molecule has 0 radical (unpaired) electrons. The second kappa shape index (κ2) is 7.94. The summed E-state index contributed by atoms with van der Waals surface area (Å²) in [5, 5.41) is 0.292. The lowest BCUT2D eigenvalue weighted by atomic mass is 10.0. The van der Waals surface area contributed by atoms with Crippen LogP contribution in [0.4, 0.5) is 19.0 Å². The third-order valence-corrected chi connectivity index (χ3v) is 5.40. The largest absolute Gasteiger partial charge is 0.492 e. The SMILES string of the molecule is Nc1nccc2[nH]c(C(F)(F)F)cc12.c1ccc2c(c1)CC(N1CCCC1)CO2. The van der Waals surface area contributed by atoms with Crippen LogP contribution in [0.2, 0.25) is 0 Å². The van der Waals surface area contributed by atoms with Gasteiger partial charge >= 0.3 is 6.18 Å². The summed E-state index contributed by atoms with van der Waals surface area (Å²) in [7, 11) is 0. The van der Waals surface area contributed by atoms with Crippen LogP contribution >= 0.6 is 0 Å². The van der Waals surface area contributed by atoms with Crippen LogP contribution in [0.5, 0.6) is 5.75 Å². The quantitative estimate of drug-likeness (QED) is 0.636. The maximum atomic E-state index is 12.3. The second-order valence-electron chi connectivity index (χ2n) is 7.36. The number of hydrogen-bond acceptors (Lipinski definition) is 4. The molecule has 1 fully saturated rings. The molecule has 0 amide bonds. The molecule has 2 aliphatic rings. The number of anilines is 1. The highest BCUT2D eigenvalue weighted by Crippen LogP contribution is 2.32. The van der Waals surface area contributed by atoms with E-state index in [2.05, 4.69) is 39.1 Å². The molecular weight excluding hydrogens is 381 g/mol. The number of nitrogens with two attached hydrogens (primary N) is 1. The van der Waals surface area contributed by atoms with Gasteiger partial charge in [0.25, 0.3) is 0 Å². The Bertz CT molecular complexity index is 979. The molecule has 0 bridgehead atoms. The van der Waals surface area contributed by atoms with Gasteiger partial charge in [-0.2, -0.15) is 13.2 Å². The summed E-state index contributed by atoms with van der Waals surface area (Å²) in [6.07, 6.45) is 0.853. The zero-order valence-electron chi connectivity index (χ0n) is 15.9. The first-order valence-corrected chi connectivity index (χ1v) is 9.67. The molecule has 154 valence electrons. The third-order valence-electron chi connectivity index (χ3n) is 5.40. The highest BCUT2D eigenvalue weighted by molar-refractivity contribution is 5.89. The van der Waals surface area contributed by atoms with E-state index in [0.29, 0.717) is 16.9 Å². The summed E-state index contributed by atoms with van der Waals surface area (Å²) in [5.41, 5.74) is 6.31. The number of nitrogens with zero attached hydrogens (tertiary/aromatic N) is 2. The predicted molar refractivity (Wildman–Crippen MR) is 106 cm³/mol. The van der Waals surface area contributed by atoms with Gasteiger partial charge < -0.3 is 15.5 Å². The number of fused-ring (bicyclic) bond motifs is 2. The molecule has 2 aromatic heterocycles. The minimum absolute atomic E-state index is 0.0919. The molecule has 1 atom stereocenters. The van der Waals surface area contributed by atoms with Crippen molar-refractivity contribution in [1.29, 1.82) is 0 Å². The average molecular weight is 404 g/mol. The highest BCUT2D eigenvalue weighted by Gasteiger charge is 2.32. The first-order chi connectivity index (χ1) is 13.9. The zero-order valence-corrected chi connectivity index (χ0v) is 15.9. The maximum Gasteiger partial charge on any atom is 0.431 e. The van der Waals surface area contributed by atoms with E-state index < -0.39 is 11.9 Å². The minimum Gasteiger partial charge on any atom is -0.492 e. The lowest BCUT2D eigenvalue weighted by Gasteiger charge is -2.32. The molecule has 0 saturated carbocycles. The van der Waals surface area contributed by atoms with Crippen molar-refractivity contribution in [2.45, 2.75) is 31.5 Å².